The van der Waals surface area contributed by atoms with Gasteiger partial charge in [0.25, 0.3) is 0 Å². The second kappa shape index (κ2) is 4.66. The predicted molar refractivity (Wildman–Crippen MR) is 67.5 cm³/mol. The maximum atomic E-state index is 4.01. The van der Waals surface area contributed by atoms with Crippen molar-refractivity contribution in [2.75, 3.05) is 19.6 Å². The summed E-state index contributed by atoms with van der Waals surface area (Å²) >= 11 is 0. The van der Waals surface area contributed by atoms with Gasteiger partial charge in [0.1, 0.15) is 0 Å². The first-order chi connectivity index (χ1) is 7.83. The molecule has 2 saturated heterocycles. The lowest BCUT2D eigenvalue weighted by atomic mass is 9.84. The van der Waals surface area contributed by atoms with Gasteiger partial charge in [0, 0.05) is 18.6 Å². The SMILES string of the molecule is CC1CCCCC1NC1CCN2CCC1C2. The number of nitrogens with one attached hydrogen (secondary N) is 1. The van der Waals surface area contributed by atoms with Crippen molar-refractivity contribution in [3.63, 3.8) is 0 Å². The molecule has 0 amide bonds. The van der Waals surface area contributed by atoms with Crippen molar-refractivity contribution in [3.05, 3.63) is 0 Å². The van der Waals surface area contributed by atoms with E-state index in [1.54, 1.807) is 0 Å². The third-order valence-corrected chi connectivity index (χ3v) is 5.17. The topological polar surface area (TPSA) is 15.3 Å². The summed E-state index contributed by atoms with van der Waals surface area (Å²) in [6.07, 6.45) is 8.62. The summed E-state index contributed by atoms with van der Waals surface area (Å²) in [5, 5.41) is 4.01. The number of nitrogens with zero attached hydrogens (tertiary/aromatic N) is 1. The Kier molecular flexibility index (Phi) is 3.21. The molecule has 1 aliphatic carbocycles. The molecule has 2 heteroatoms. The molecule has 3 fully saturated rings. The number of hydrogen-bond donors (Lipinski definition) is 1. The first-order valence-electron chi connectivity index (χ1n) is 7.31. The molecule has 2 aliphatic heterocycles. The van der Waals surface area contributed by atoms with E-state index in [0.717, 1.165) is 23.9 Å². The molecular formula is C14H26N2. The second-order valence-corrected chi connectivity index (χ2v) is 6.28. The van der Waals surface area contributed by atoms with Crippen LogP contribution in [0.1, 0.15) is 45.4 Å². The minimum atomic E-state index is 0.825. The highest BCUT2D eigenvalue weighted by molar-refractivity contribution is 4.93. The van der Waals surface area contributed by atoms with Gasteiger partial charge in [-0.2, -0.15) is 0 Å². The van der Waals surface area contributed by atoms with Crippen molar-refractivity contribution in [2.45, 2.75) is 57.5 Å². The molecule has 3 aliphatic rings. The Bertz CT molecular complexity index is 241. The Morgan fingerprint density at radius 3 is 2.62 bits per heavy atom. The molecule has 3 rings (SSSR count). The van der Waals surface area contributed by atoms with E-state index in [0.29, 0.717) is 0 Å². The van der Waals surface area contributed by atoms with Crippen molar-refractivity contribution >= 4 is 0 Å². The summed E-state index contributed by atoms with van der Waals surface area (Å²) in [5.74, 6) is 1.87. The zero-order valence-corrected chi connectivity index (χ0v) is 10.6. The van der Waals surface area contributed by atoms with Crippen molar-refractivity contribution < 1.29 is 0 Å². The molecule has 16 heavy (non-hydrogen) atoms. The highest BCUT2D eigenvalue weighted by Crippen LogP contribution is 2.30. The first-order valence-corrected chi connectivity index (χ1v) is 7.31. The van der Waals surface area contributed by atoms with Crippen LogP contribution >= 0.6 is 0 Å². The summed E-state index contributed by atoms with van der Waals surface area (Å²) in [5.41, 5.74) is 0. The predicted octanol–water partition coefficient (Wildman–Crippen LogP) is 2.25. The molecule has 2 bridgehead atoms. The number of rotatable bonds is 2. The molecule has 0 spiro atoms. The van der Waals surface area contributed by atoms with Crippen molar-refractivity contribution in [2.24, 2.45) is 11.8 Å². The number of hydrogen-bond acceptors (Lipinski definition) is 2. The van der Waals surface area contributed by atoms with Crippen LogP contribution in [0.25, 0.3) is 0 Å². The van der Waals surface area contributed by atoms with Gasteiger partial charge in [-0.1, -0.05) is 19.8 Å². The van der Waals surface area contributed by atoms with Crippen LogP contribution in [0, 0.1) is 11.8 Å². The van der Waals surface area contributed by atoms with E-state index in [-0.39, 0.29) is 0 Å². The van der Waals surface area contributed by atoms with Crippen LogP contribution in [0.2, 0.25) is 0 Å². The Balaban J connectivity index is 1.57. The first kappa shape index (κ1) is 11.0. The standard InChI is InChI=1S/C14H26N2/c1-11-4-2-3-5-13(11)15-14-7-9-16-8-6-12(14)10-16/h11-15H,2-10H2,1H3. The minimum Gasteiger partial charge on any atom is -0.311 e. The lowest BCUT2D eigenvalue weighted by Gasteiger charge is -2.38. The maximum absolute atomic E-state index is 4.01. The van der Waals surface area contributed by atoms with E-state index in [1.165, 1.54) is 58.2 Å². The van der Waals surface area contributed by atoms with Crippen molar-refractivity contribution in [3.8, 4) is 0 Å². The van der Waals surface area contributed by atoms with Gasteiger partial charge in [-0.25, -0.2) is 0 Å². The van der Waals surface area contributed by atoms with Crippen LogP contribution < -0.4 is 5.32 Å². The third kappa shape index (κ3) is 2.14. The molecule has 5 unspecified atom stereocenters. The van der Waals surface area contributed by atoms with Gasteiger partial charge in [-0.3, -0.25) is 0 Å². The molecular weight excluding hydrogens is 196 g/mol. The van der Waals surface area contributed by atoms with Gasteiger partial charge in [0.2, 0.25) is 0 Å². The molecule has 92 valence electrons. The molecule has 1 saturated carbocycles. The maximum Gasteiger partial charge on any atom is 0.0123 e. The Morgan fingerprint density at radius 1 is 0.938 bits per heavy atom. The minimum absolute atomic E-state index is 0.825. The van der Waals surface area contributed by atoms with Crippen molar-refractivity contribution in [1.82, 2.24) is 10.2 Å². The summed E-state index contributed by atoms with van der Waals surface area (Å²) in [6.45, 7) is 6.53. The smallest absolute Gasteiger partial charge is 0.0123 e. The highest BCUT2D eigenvalue weighted by atomic mass is 15.2. The van der Waals surface area contributed by atoms with Gasteiger partial charge in [-0.05, 0) is 50.6 Å². The molecule has 2 heterocycles. The largest absolute Gasteiger partial charge is 0.311 e. The molecule has 0 aromatic carbocycles. The van der Waals surface area contributed by atoms with Gasteiger partial charge in [-0.15, -0.1) is 0 Å². The normalized spacial score (nSPS) is 48.2. The fourth-order valence-corrected chi connectivity index (χ4v) is 4.01. The zero-order valence-electron chi connectivity index (χ0n) is 10.6. The van der Waals surface area contributed by atoms with E-state index in [1.807, 2.05) is 0 Å². The van der Waals surface area contributed by atoms with E-state index in [4.69, 9.17) is 0 Å². The average Bonchev–Trinajstić information content (AvgIpc) is 2.68. The van der Waals surface area contributed by atoms with Crippen LogP contribution in [-0.2, 0) is 0 Å². The summed E-state index contributed by atoms with van der Waals surface area (Å²) in [6, 6.07) is 1.66. The molecule has 0 radical (unpaired) electrons. The van der Waals surface area contributed by atoms with Crippen LogP contribution in [0.3, 0.4) is 0 Å². The zero-order chi connectivity index (χ0) is 11.0. The van der Waals surface area contributed by atoms with Gasteiger partial charge < -0.3 is 10.2 Å². The lowest BCUT2D eigenvalue weighted by molar-refractivity contribution is 0.178. The fourth-order valence-electron chi connectivity index (χ4n) is 4.01. The Hall–Kier alpha value is -0.0800. The van der Waals surface area contributed by atoms with Crippen LogP contribution in [0.15, 0.2) is 0 Å². The molecule has 0 aromatic rings. The summed E-state index contributed by atoms with van der Waals surface area (Å²) in [7, 11) is 0. The van der Waals surface area contributed by atoms with E-state index in [9.17, 15) is 0 Å². The van der Waals surface area contributed by atoms with Crippen molar-refractivity contribution in [1.29, 1.82) is 0 Å². The fraction of sp³-hybridized carbons (Fsp3) is 1.00. The van der Waals surface area contributed by atoms with Gasteiger partial charge >= 0.3 is 0 Å². The molecule has 0 aromatic heterocycles. The highest BCUT2D eigenvalue weighted by Gasteiger charge is 2.36. The number of piperidine rings is 1. The summed E-state index contributed by atoms with van der Waals surface area (Å²) in [4.78, 5) is 2.65. The third-order valence-electron chi connectivity index (χ3n) is 5.17. The van der Waals surface area contributed by atoms with Gasteiger partial charge in [0.15, 0.2) is 0 Å². The molecule has 1 N–H and O–H groups in total. The summed E-state index contributed by atoms with van der Waals surface area (Å²) < 4.78 is 0. The monoisotopic (exact) mass is 222 g/mol. The Morgan fingerprint density at radius 2 is 1.75 bits per heavy atom. The average molecular weight is 222 g/mol. The van der Waals surface area contributed by atoms with Crippen LogP contribution in [0.5, 0.6) is 0 Å². The van der Waals surface area contributed by atoms with E-state index < -0.39 is 0 Å². The number of fused-ring (bicyclic) bond motifs is 2. The van der Waals surface area contributed by atoms with E-state index >= 15 is 0 Å². The lowest BCUT2D eigenvalue weighted by Crippen LogP contribution is -2.50. The van der Waals surface area contributed by atoms with Gasteiger partial charge in [0.05, 0.1) is 0 Å². The molecule has 5 atom stereocenters. The molecule has 2 nitrogen and oxygen atoms in total. The second-order valence-electron chi connectivity index (χ2n) is 6.28. The quantitative estimate of drug-likeness (QED) is 0.771. The van der Waals surface area contributed by atoms with E-state index in [2.05, 4.69) is 17.1 Å². The Labute approximate surface area is 99.8 Å². The van der Waals surface area contributed by atoms with Crippen LogP contribution in [0.4, 0.5) is 0 Å². The van der Waals surface area contributed by atoms with Crippen LogP contribution in [-0.4, -0.2) is 36.6 Å².